The van der Waals surface area contributed by atoms with Gasteiger partial charge in [0.1, 0.15) is 5.75 Å². The van der Waals surface area contributed by atoms with Crippen molar-refractivity contribution >= 4 is 23.7 Å². The number of nitrogens with one attached hydrogen (secondary N) is 1. The number of allylic oxidation sites excluding steroid dienone is 1. The highest BCUT2D eigenvalue weighted by atomic mass is 32.2. The van der Waals surface area contributed by atoms with E-state index >= 15 is 0 Å². The molecule has 0 unspecified atom stereocenters. The number of methoxy groups -OCH3 is 1. The van der Waals surface area contributed by atoms with Gasteiger partial charge in [-0.3, -0.25) is 0 Å². The first-order valence-corrected chi connectivity index (χ1v) is 9.01. The maximum absolute atomic E-state index is 5.49. The Morgan fingerprint density at radius 2 is 1.95 bits per heavy atom. The van der Waals surface area contributed by atoms with E-state index in [4.69, 9.17) is 4.74 Å². The Labute approximate surface area is 132 Å². The van der Waals surface area contributed by atoms with Crippen LogP contribution in [-0.4, -0.2) is 12.4 Å². The quantitative estimate of drug-likeness (QED) is 0.700. The summed E-state index contributed by atoms with van der Waals surface area (Å²) in [5, 5.41) is 0.813. The van der Waals surface area contributed by atoms with Crippen LogP contribution in [0.4, 0.5) is 5.69 Å². The molecule has 3 rings (SSSR count). The van der Waals surface area contributed by atoms with Crippen LogP contribution in [-0.2, 0) is 0 Å². The second kappa shape index (κ2) is 7.26. The maximum Gasteiger partial charge on any atom is 0.126 e. The summed E-state index contributed by atoms with van der Waals surface area (Å²) >= 11 is 1.85. The van der Waals surface area contributed by atoms with E-state index in [9.17, 15) is 0 Å². The minimum atomic E-state index is 0.751. The van der Waals surface area contributed by atoms with E-state index in [1.807, 2.05) is 11.9 Å². The van der Waals surface area contributed by atoms with Crippen molar-refractivity contribution in [3.63, 3.8) is 0 Å². The highest BCUT2D eigenvalue weighted by Crippen LogP contribution is 2.35. The molecule has 0 heterocycles. The number of hydrogen-bond donors (Lipinski definition) is 1. The summed E-state index contributed by atoms with van der Waals surface area (Å²) < 4.78 is 8.96. The smallest absolute Gasteiger partial charge is 0.126 e. The summed E-state index contributed by atoms with van der Waals surface area (Å²) in [6, 6.07) is 6.37. The summed E-state index contributed by atoms with van der Waals surface area (Å²) in [5.41, 5.74) is 2.36. The Hall–Kier alpha value is -1.09. The summed E-state index contributed by atoms with van der Waals surface area (Å²) in [7, 11) is 1.75. The van der Waals surface area contributed by atoms with Gasteiger partial charge in [0.15, 0.2) is 0 Å². The van der Waals surface area contributed by atoms with E-state index in [2.05, 4.69) is 35.1 Å². The lowest BCUT2D eigenvalue weighted by molar-refractivity contribution is 0.413. The maximum atomic E-state index is 5.49. The Kier molecular flexibility index (Phi) is 5.13. The van der Waals surface area contributed by atoms with Crippen LogP contribution in [0.25, 0.3) is 6.08 Å². The highest BCUT2D eigenvalue weighted by Gasteiger charge is 2.22. The van der Waals surface area contributed by atoms with E-state index < -0.39 is 0 Å². The molecule has 0 aromatic heterocycles. The normalized spacial score (nSPS) is 19.9. The molecule has 0 radical (unpaired) electrons. The van der Waals surface area contributed by atoms with E-state index in [1.54, 1.807) is 7.11 Å². The van der Waals surface area contributed by atoms with E-state index in [0.29, 0.717) is 0 Å². The van der Waals surface area contributed by atoms with Gasteiger partial charge in [0, 0.05) is 16.5 Å². The fourth-order valence-electron chi connectivity index (χ4n) is 2.83. The lowest BCUT2D eigenvalue weighted by Crippen LogP contribution is -2.02. The number of hydrogen-bond acceptors (Lipinski definition) is 3. The average Bonchev–Trinajstić information content (AvgIpc) is 3.36. The Balaban J connectivity index is 1.67. The molecule has 0 aliphatic heterocycles. The van der Waals surface area contributed by atoms with Crippen LogP contribution in [0.3, 0.4) is 0 Å². The van der Waals surface area contributed by atoms with Crippen LogP contribution in [0.2, 0.25) is 0 Å². The van der Waals surface area contributed by atoms with Crippen molar-refractivity contribution in [2.24, 2.45) is 5.92 Å². The molecule has 0 saturated heterocycles. The highest BCUT2D eigenvalue weighted by molar-refractivity contribution is 8.01. The molecule has 0 spiro atoms. The van der Waals surface area contributed by atoms with E-state index in [0.717, 1.165) is 16.9 Å². The SMILES string of the molecule is COc1ccc(NSC2CC2)cc1/C=C/C1CCCCC1. The van der Waals surface area contributed by atoms with E-state index in [1.165, 1.54) is 56.2 Å². The van der Waals surface area contributed by atoms with Crippen molar-refractivity contribution in [3.8, 4) is 5.75 Å². The minimum Gasteiger partial charge on any atom is -0.496 e. The topological polar surface area (TPSA) is 21.3 Å². The minimum absolute atomic E-state index is 0.751. The van der Waals surface area contributed by atoms with Crippen LogP contribution >= 0.6 is 11.9 Å². The molecule has 0 atom stereocenters. The second-order valence-corrected chi connectivity index (χ2v) is 7.24. The molecule has 1 aromatic rings. The Morgan fingerprint density at radius 1 is 1.14 bits per heavy atom. The second-order valence-electron chi connectivity index (χ2n) is 6.13. The van der Waals surface area contributed by atoms with Crippen molar-refractivity contribution in [2.45, 2.75) is 50.2 Å². The standard InChI is InChI=1S/C18H25NOS/c1-20-18-12-9-16(19-21-17-10-11-17)13-15(18)8-7-14-5-3-2-4-6-14/h7-9,12-14,17,19H,2-6,10-11H2,1H3/b8-7+. The zero-order valence-electron chi connectivity index (χ0n) is 12.8. The van der Waals surface area contributed by atoms with Gasteiger partial charge in [0.25, 0.3) is 0 Å². The predicted octanol–water partition coefficient (Wildman–Crippen LogP) is 5.51. The zero-order chi connectivity index (χ0) is 14.5. The van der Waals surface area contributed by atoms with Crippen molar-refractivity contribution < 1.29 is 4.74 Å². The number of benzene rings is 1. The van der Waals surface area contributed by atoms with Crippen LogP contribution < -0.4 is 9.46 Å². The third-order valence-corrected chi connectivity index (χ3v) is 5.45. The van der Waals surface area contributed by atoms with Gasteiger partial charge < -0.3 is 9.46 Å². The predicted molar refractivity (Wildman–Crippen MR) is 92.8 cm³/mol. The van der Waals surface area contributed by atoms with Crippen LogP contribution in [0.5, 0.6) is 5.75 Å². The first-order valence-electron chi connectivity index (χ1n) is 8.13. The third-order valence-electron chi connectivity index (χ3n) is 4.30. The molecule has 2 aliphatic rings. The molecule has 2 fully saturated rings. The first kappa shape index (κ1) is 14.8. The molecule has 2 aliphatic carbocycles. The third kappa shape index (κ3) is 4.44. The van der Waals surface area contributed by atoms with Crippen molar-refractivity contribution in [3.05, 3.63) is 29.8 Å². The molecule has 3 heteroatoms. The summed E-state index contributed by atoms with van der Waals surface area (Å²) in [6.45, 7) is 0. The molecule has 1 N–H and O–H groups in total. The molecular weight excluding hydrogens is 278 g/mol. The summed E-state index contributed by atoms with van der Waals surface area (Å²) in [5.74, 6) is 1.71. The van der Waals surface area contributed by atoms with Crippen LogP contribution in [0, 0.1) is 5.92 Å². The lowest BCUT2D eigenvalue weighted by atomic mass is 9.89. The summed E-state index contributed by atoms with van der Waals surface area (Å²) in [6.07, 6.45) is 14.2. The number of anilines is 1. The van der Waals surface area contributed by atoms with E-state index in [-0.39, 0.29) is 0 Å². The molecule has 2 nitrogen and oxygen atoms in total. The first-order chi connectivity index (χ1) is 10.3. The average molecular weight is 303 g/mol. The fraction of sp³-hybridized carbons (Fsp3) is 0.556. The van der Waals surface area contributed by atoms with Gasteiger partial charge in [-0.1, -0.05) is 31.4 Å². The molecule has 1 aromatic carbocycles. The van der Waals surface area contributed by atoms with Crippen molar-refractivity contribution in [1.82, 2.24) is 0 Å². The van der Waals surface area contributed by atoms with Gasteiger partial charge in [-0.05, 0) is 61.7 Å². The lowest BCUT2D eigenvalue weighted by Gasteiger charge is -2.18. The van der Waals surface area contributed by atoms with Gasteiger partial charge in [-0.25, -0.2) is 0 Å². The van der Waals surface area contributed by atoms with Gasteiger partial charge in [0.05, 0.1) is 7.11 Å². The Morgan fingerprint density at radius 3 is 2.67 bits per heavy atom. The van der Waals surface area contributed by atoms with Crippen molar-refractivity contribution in [1.29, 1.82) is 0 Å². The van der Waals surface area contributed by atoms with Crippen LogP contribution in [0.15, 0.2) is 24.3 Å². The molecule has 0 bridgehead atoms. The fourth-order valence-corrected chi connectivity index (χ4v) is 3.63. The van der Waals surface area contributed by atoms with Crippen molar-refractivity contribution in [2.75, 3.05) is 11.8 Å². The number of ether oxygens (including phenoxy) is 1. The molecule has 114 valence electrons. The van der Waals surface area contributed by atoms with Gasteiger partial charge >= 0.3 is 0 Å². The molecular formula is C18H25NOS. The largest absolute Gasteiger partial charge is 0.496 e. The summed E-state index contributed by atoms with van der Waals surface area (Å²) in [4.78, 5) is 0. The number of rotatable bonds is 6. The van der Waals surface area contributed by atoms with Crippen LogP contribution in [0.1, 0.15) is 50.5 Å². The van der Waals surface area contributed by atoms with Gasteiger partial charge in [0.2, 0.25) is 0 Å². The molecule has 2 saturated carbocycles. The molecule has 0 amide bonds. The van der Waals surface area contributed by atoms with Gasteiger partial charge in [-0.15, -0.1) is 0 Å². The Bertz CT molecular complexity index is 490. The van der Waals surface area contributed by atoms with Gasteiger partial charge in [-0.2, -0.15) is 0 Å². The molecule has 21 heavy (non-hydrogen) atoms. The monoisotopic (exact) mass is 303 g/mol. The zero-order valence-corrected chi connectivity index (χ0v) is 13.6.